The fraction of sp³-hybridized carbons (Fsp3) is 0.750. The van der Waals surface area contributed by atoms with Crippen LogP contribution in [0.5, 0.6) is 0 Å². The number of hydrogen-bond donors (Lipinski definition) is 1. The van der Waals surface area contributed by atoms with Gasteiger partial charge in [0.15, 0.2) is 0 Å². The summed E-state index contributed by atoms with van der Waals surface area (Å²) in [5.41, 5.74) is 5.40. The van der Waals surface area contributed by atoms with Gasteiger partial charge in [-0.25, -0.2) is 4.79 Å². The van der Waals surface area contributed by atoms with Gasteiger partial charge in [0.2, 0.25) is 0 Å². The lowest BCUT2D eigenvalue weighted by molar-refractivity contribution is 0.156. The quantitative estimate of drug-likeness (QED) is 0.707. The number of rotatable bonds is 1. The van der Waals surface area contributed by atoms with Gasteiger partial charge in [0, 0.05) is 12.2 Å². The third kappa shape index (κ3) is 2.33. The van der Waals surface area contributed by atoms with Crippen molar-refractivity contribution in [2.45, 2.75) is 51.0 Å². The van der Waals surface area contributed by atoms with Gasteiger partial charge in [0.1, 0.15) is 0 Å². The Balaban J connectivity index is 2.04. The third-order valence-electron chi connectivity index (χ3n) is 3.70. The zero-order valence-corrected chi connectivity index (χ0v) is 9.19. The molecule has 3 nitrogen and oxygen atoms in total. The van der Waals surface area contributed by atoms with Crippen molar-refractivity contribution in [3.63, 3.8) is 0 Å². The van der Waals surface area contributed by atoms with E-state index in [0.717, 1.165) is 12.8 Å². The summed E-state index contributed by atoms with van der Waals surface area (Å²) in [6.07, 6.45) is 12.6. The van der Waals surface area contributed by atoms with Crippen molar-refractivity contribution in [1.82, 2.24) is 4.90 Å². The minimum atomic E-state index is -0.290. The summed E-state index contributed by atoms with van der Waals surface area (Å²) in [7, 11) is 0. The molecule has 0 bridgehead atoms. The second-order valence-electron chi connectivity index (χ2n) is 4.67. The largest absolute Gasteiger partial charge is 0.351 e. The summed E-state index contributed by atoms with van der Waals surface area (Å²) in [5, 5.41) is 0. The monoisotopic (exact) mass is 208 g/mol. The molecule has 1 aliphatic carbocycles. The standard InChI is InChI=1S/C12H20N2O/c13-12(15)14-9-5-4-8-11(14)10-6-2-1-3-7-10/h5,9-11H,1-4,6-8H2,(H2,13,15). The van der Waals surface area contributed by atoms with E-state index in [9.17, 15) is 4.79 Å². The lowest BCUT2D eigenvalue weighted by Gasteiger charge is -2.38. The van der Waals surface area contributed by atoms with E-state index in [-0.39, 0.29) is 6.03 Å². The maximum absolute atomic E-state index is 11.3. The van der Waals surface area contributed by atoms with Gasteiger partial charge < -0.3 is 5.73 Å². The Labute approximate surface area is 91.3 Å². The van der Waals surface area contributed by atoms with Gasteiger partial charge in [-0.3, -0.25) is 4.90 Å². The fourth-order valence-electron chi connectivity index (χ4n) is 2.92. The molecule has 0 aromatic carbocycles. The van der Waals surface area contributed by atoms with Crippen LogP contribution in [0.1, 0.15) is 44.9 Å². The van der Waals surface area contributed by atoms with Gasteiger partial charge in [0.25, 0.3) is 0 Å². The highest BCUT2D eigenvalue weighted by Gasteiger charge is 2.30. The van der Waals surface area contributed by atoms with Crippen molar-refractivity contribution in [1.29, 1.82) is 0 Å². The van der Waals surface area contributed by atoms with Gasteiger partial charge in [-0.1, -0.05) is 25.3 Å². The predicted molar refractivity (Wildman–Crippen MR) is 60.2 cm³/mol. The van der Waals surface area contributed by atoms with Gasteiger partial charge in [-0.05, 0) is 31.6 Å². The molecule has 1 unspecified atom stereocenters. The second-order valence-corrected chi connectivity index (χ2v) is 4.67. The number of carbonyl (C=O) groups is 1. The summed E-state index contributed by atoms with van der Waals surface area (Å²) in [4.78, 5) is 13.1. The minimum Gasteiger partial charge on any atom is -0.351 e. The summed E-state index contributed by atoms with van der Waals surface area (Å²) in [6, 6.07) is 0.0781. The molecule has 0 aromatic rings. The van der Waals surface area contributed by atoms with E-state index >= 15 is 0 Å². The number of primary amides is 1. The first-order valence-electron chi connectivity index (χ1n) is 6.03. The van der Waals surface area contributed by atoms with E-state index in [2.05, 4.69) is 0 Å². The zero-order valence-electron chi connectivity index (χ0n) is 9.19. The van der Waals surface area contributed by atoms with E-state index < -0.39 is 0 Å². The van der Waals surface area contributed by atoms with Crippen molar-refractivity contribution in [3.8, 4) is 0 Å². The molecular weight excluding hydrogens is 188 g/mol. The molecule has 1 aliphatic heterocycles. The first kappa shape index (κ1) is 10.5. The number of carbonyl (C=O) groups excluding carboxylic acids is 1. The van der Waals surface area contributed by atoms with Gasteiger partial charge in [-0.15, -0.1) is 0 Å². The summed E-state index contributed by atoms with van der Waals surface area (Å²) in [6.45, 7) is 0. The molecule has 1 heterocycles. The van der Waals surface area contributed by atoms with Crippen LogP contribution in [0, 0.1) is 5.92 Å². The summed E-state index contributed by atoms with van der Waals surface area (Å²) < 4.78 is 0. The van der Waals surface area contributed by atoms with Crippen molar-refractivity contribution in [2.24, 2.45) is 11.7 Å². The Bertz CT molecular complexity index is 256. The van der Waals surface area contributed by atoms with E-state index in [1.807, 2.05) is 12.3 Å². The first-order chi connectivity index (χ1) is 7.29. The molecule has 0 radical (unpaired) electrons. The molecule has 0 saturated heterocycles. The lowest BCUT2D eigenvalue weighted by atomic mass is 9.81. The van der Waals surface area contributed by atoms with Crippen LogP contribution in [0.15, 0.2) is 12.3 Å². The number of urea groups is 1. The second kappa shape index (κ2) is 4.69. The third-order valence-corrected chi connectivity index (χ3v) is 3.70. The van der Waals surface area contributed by atoms with Gasteiger partial charge >= 0.3 is 6.03 Å². The molecule has 1 fully saturated rings. The summed E-state index contributed by atoms with van der Waals surface area (Å²) in [5.74, 6) is 0.677. The van der Waals surface area contributed by atoms with Crippen molar-refractivity contribution >= 4 is 6.03 Å². The van der Waals surface area contributed by atoms with Crippen LogP contribution in [0.25, 0.3) is 0 Å². The van der Waals surface area contributed by atoms with Crippen LogP contribution in [-0.4, -0.2) is 17.0 Å². The molecule has 0 aromatic heterocycles. The highest BCUT2D eigenvalue weighted by atomic mass is 16.2. The molecule has 2 N–H and O–H groups in total. The molecule has 3 heteroatoms. The van der Waals surface area contributed by atoms with E-state index in [1.165, 1.54) is 32.1 Å². The Hall–Kier alpha value is -0.990. The molecule has 15 heavy (non-hydrogen) atoms. The van der Waals surface area contributed by atoms with Crippen molar-refractivity contribution in [3.05, 3.63) is 12.3 Å². The smallest absolute Gasteiger partial charge is 0.319 e. The lowest BCUT2D eigenvalue weighted by Crippen LogP contribution is -2.45. The maximum Gasteiger partial charge on any atom is 0.319 e. The fourth-order valence-corrected chi connectivity index (χ4v) is 2.92. The molecule has 2 rings (SSSR count). The Kier molecular flexibility index (Phi) is 3.29. The SMILES string of the molecule is NC(=O)N1C=CCCC1C1CCCCC1. The van der Waals surface area contributed by atoms with E-state index in [1.54, 1.807) is 4.90 Å². The van der Waals surface area contributed by atoms with Crippen LogP contribution in [-0.2, 0) is 0 Å². The first-order valence-corrected chi connectivity index (χ1v) is 6.03. The zero-order chi connectivity index (χ0) is 10.7. The number of hydrogen-bond acceptors (Lipinski definition) is 1. The van der Waals surface area contributed by atoms with Crippen LogP contribution >= 0.6 is 0 Å². The van der Waals surface area contributed by atoms with E-state index in [4.69, 9.17) is 5.73 Å². The van der Waals surface area contributed by atoms with Crippen LogP contribution < -0.4 is 5.73 Å². The Morgan fingerprint density at radius 3 is 2.60 bits per heavy atom. The van der Waals surface area contributed by atoms with Gasteiger partial charge in [-0.2, -0.15) is 0 Å². The number of nitrogens with zero attached hydrogens (tertiary/aromatic N) is 1. The van der Waals surface area contributed by atoms with Crippen molar-refractivity contribution in [2.75, 3.05) is 0 Å². The average Bonchev–Trinajstić information content (AvgIpc) is 2.30. The average molecular weight is 208 g/mol. The van der Waals surface area contributed by atoms with Crippen LogP contribution in [0.2, 0.25) is 0 Å². The molecule has 0 spiro atoms. The highest BCUT2D eigenvalue weighted by molar-refractivity contribution is 5.73. The normalized spacial score (nSPS) is 28.0. The molecular formula is C12H20N2O. The topological polar surface area (TPSA) is 46.3 Å². The maximum atomic E-state index is 11.3. The van der Waals surface area contributed by atoms with Crippen LogP contribution in [0.4, 0.5) is 4.79 Å². The Morgan fingerprint density at radius 1 is 1.20 bits per heavy atom. The molecule has 2 amide bonds. The minimum absolute atomic E-state index is 0.290. The molecule has 84 valence electrons. The highest BCUT2D eigenvalue weighted by Crippen LogP contribution is 2.32. The molecule has 2 aliphatic rings. The van der Waals surface area contributed by atoms with Gasteiger partial charge in [0.05, 0.1) is 0 Å². The van der Waals surface area contributed by atoms with Crippen molar-refractivity contribution < 1.29 is 4.79 Å². The number of amides is 2. The number of allylic oxidation sites excluding steroid dienone is 1. The number of nitrogens with two attached hydrogens (primary N) is 1. The molecule has 1 atom stereocenters. The predicted octanol–water partition coefficient (Wildman–Crippen LogP) is 2.62. The van der Waals surface area contributed by atoms with E-state index in [0.29, 0.717) is 12.0 Å². The molecule has 1 saturated carbocycles. The Morgan fingerprint density at radius 2 is 1.93 bits per heavy atom. The van der Waals surface area contributed by atoms with Crippen LogP contribution in [0.3, 0.4) is 0 Å². The summed E-state index contributed by atoms with van der Waals surface area (Å²) >= 11 is 0.